The lowest BCUT2D eigenvalue weighted by Gasteiger charge is -2.32. The van der Waals surface area contributed by atoms with E-state index in [9.17, 15) is 4.39 Å². The number of ether oxygens (including phenoxy) is 1. The van der Waals surface area contributed by atoms with Crippen molar-refractivity contribution in [1.82, 2.24) is 84.4 Å². The Morgan fingerprint density at radius 3 is 1.03 bits per heavy atom. The quantitative estimate of drug-likeness (QED) is 0.0954. The molecule has 15 rings (SSSR count). The second-order valence-corrected chi connectivity index (χ2v) is 26.1. The number of nitrogens with zero attached hydrogens (tertiary/aromatic N) is 17. The van der Waals surface area contributed by atoms with Crippen LogP contribution in [0.1, 0.15) is 16.7 Å². The predicted molar refractivity (Wildman–Crippen MR) is 383 cm³/mol. The van der Waals surface area contributed by atoms with Crippen LogP contribution in [0.2, 0.25) is 15.1 Å². The smallest absolute Gasteiger partial charge is 0.182 e. The fourth-order valence-corrected chi connectivity index (χ4v) is 13.5. The number of piperazine rings is 2. The molecule has 0 radical (unpaired) electrons. The molecule has 3 aliphatic heterocycles. The van der Waals surface area contributed by atoms with Crippen LogP contribution in [0, 0.1) is 26.6 Å². The molecule has 0 atom stereocenters. The minimum atomic E-state index is -0.242. The molecule has 0 amide bonds. The molecule has 0 spiro atoms. The SMILES string of the molecule is Cc1cc(-c2nn(CCN3CCN(C)CC3)c3nnc(-c4ccccc4)c(Cl)c23)ccc1F.Cc1cccc(-c2nn(CCN3CCN(C)CC3)c3nnc(-c4ccccc4)c(Cl)c23)c1.Cc1cccc(-c2nn(CCN3CCOCC3)c3nnc(-c4ccccc4)c(Cl)c23)c1. The first-order chi connectivity index (χ1) is 46.8. The van der Waals surface area contributed by atoms with Gasteiger partial charge in [-0.3, -0.25) is 14.7 Å². The van der Waals surface area contributed by atoms with Gasteiger partial charge in [0.2, 0.25) is 0 Å². The van der Waals surface area contributed by atoms with Gasteiger partial charge in [-0.1, -0.05) is 173 Å². The van der Waals surface area contributed by atoms with Crippen molar-refractivity contribution in [3.05, 3.63) is 195 Å². The van der Waals surface area contributed by atoms with Crippen molar-refractivity contribution in [2.75, 3.05) is 112 Å². The van der Waals surface area contributed by atoms with Crippen LogP contribution in [0.4, 0.5) is 4.39 Å². The summed E-state index contributed by atoms with van der Waals surface area (Å²) in [4.78, 5) is 12.0. The Hall–Kier alpha value is -8.47. The molecule has 3 fully saturated rings. The Kier molecular flexibility index (Phi) is 20.9. The number of rotatable bonds is 15. The van der Waals surface area contributed by atoms with Crippen molar-refractivity contribution in [1.29, 1.82) is 0 Å². The number of likely N-dealkylation sites (N-methyl/N-ethyl adjacent to an activating group) is 2. The summed E-state index contributed by atoms with van der Waals surface area (Å²) < 4.78 is 25.2. The highest BCUT2D eigenvalue weighted by atomic mass is 35.5. The van der Waals surface area contributed by atoms with Gasteiger partial charge >= 0.3 is 0 Å². The molecule has 492 valence electrons. The molecule has 6 aromatic carbocycles. The maximum atomic E-state index is 14.0. The lowest BCUT2D eigenvalue weighted by Crippen LogP contribution is -2.45. The fourth-order valence-electron chi connectivity index (χ4n) is 12.5. The largest absolute Gasteiger partial charge is 0.379 e. The molecule has 18 nitrogen and oxygen atoms in total. The van der Waals surface area contributed by atoms with E-state index in [1.807, 2.05) is 111 Å². The van der Waals surface area contributed by atoms with E-state index >= 15 is 0 Å². The number of aryl methyl sites for hydroxylation is 3. The molecule has 3 saturated heterocycles. The molecule has 9 heterocycles. The van der Waals surface area contributed by atoms with Crippen LogP contribution in [-0.2, 0) is 24.4 Å². The summed E-state index contributed by atoms with van der Waals surface area (Å²) in [6, 6.07) is 51.4. The minimum Gasteiger partial charge on any atom is -0.379 e. The van der Waals surface area contributed by atoms with Crippen molar-refractivity contribution >= 4 is 67.9 Å². The van der Waals surface area contributed by atoms with Gasteiger partial charge in [0.25, 0.3) is 0 Å². The van der Waals surface area contributed by atoms with E-state index in [-0.39, 0.29) is 5.82 Å². The van der Waals surface area contributed by atoms with E-state index in [1.165, 1.54) is 17.2 Å². The molecule has 0 N–H and O–H groups in total. The topological polar surface area (TPSA) is 156 Å². The Balaban J connectivity index is 0.000000130. The van der Waals surface area contributed by atoms with Gasteiger partial charge in [0.1, 0.15) is 40.0 Å². The summed E-state index contributed by atoms with van der Waals surface area (Å²) in [5, 5.41) is 46.2. The molecule has 22 heteroatoms. The molecule has 0 saturated carbocycles. The summed E-state index contributed by atoms with van der Waals surface area (Å²) in [7, 11) is 4.33. The number of morpholine rings is 1. The van der Waals surface area contributed by atoms with Gasteiger partial charge in [-0.2, -0.15) is 15.3 Å². The molecule has 0 aliphatic carbocycles. The zero-order chi connectivity index (χ0) is 66.2. The normalized spacial score (nSPS) is 15.3. The van der Waals surface area contributed by atoms with E-state index in [4.69, 9.17) is 54.8 Å². The highest BCUT2D eigenvalue weighted by Crippen LogP contribution is 2.41. The van der Waals surface area contributed by atoms with Gasteiger partial charge in [-0.15, -0.1) is 30.6 Å². The van der Waals surface area contributed by atoms with Gasteiger partial charge in [0, 0.05) is 118 Å². The molecular formula is C74H77Cl3FN17O. The summed E-state index contributed by atoms with van der Waals surface area (Å²) in [6.45, 7) is 22.7. The predicted octanol–water partition coefficient (Wildman–Crippen LogP) is 13.3. The van der Waals surface area contributed by atoms with Crippen LogP contribution in [-0.4, -0.2) is 197 Å². The van der Waals surface area contributed by atoms with E-state index in [1.54, 1.807) is 19.1 Å². The Morgan fingerprint density at radius 1 is 0.354 bits per heavy atom. The summed E-state index contributed by atoms with van der Waals surface area (Å²) >= 11 is 20.9. The summed E-state index contributed by atoms with van der Waals surface area (Å²) in [5.41, 5.74) is 15.1. The summed E-state index contributed by atoms with van der Waals surface area (Å²) in [6.07, 6.45) is 0. The third kappa shape index (κ3) is 14.9. The van der Waals surface area contributed by atoms with Gasteiger partial charge in [0.15, 0.2) is 16.9 Å². The van der Waals surface area contributed by atoms with Gasteiger partial charge in [-0.05, 0) is 70.8 Å². The standard InChI is InChI=1S/C25H26ClFN6.C25H27ClN6.C24H24ClN5O/c1-17-16-19(8-9-20(17)27)23-21-22(26)24(18-6-4-3-5-7-18)28-29-25(21)33(30-23)15-14-32-12-10-31(2)11-13-32;1-18-7-6-10-20(17-18)23-21-22(26)24(19-8-4-3-5-9-19)27-28-25(21)32(29-23)16-15-31-13-11-30(2)12-14-31;1-17-6-5-9-19(16-17)22-20-21(25)23(18-7-3-2-4-8-18)26-27-24(20)30(28-22)11-10-29-12-14-31-15-13-29/h3-9,16H,10-15H2,1-2H3;3-10,17H,11-16H2,1-2H3;2-9,16H,10-15H2,1H3. The lowest BCUT2D eigenvalue weighted by atomic mass is 10.0. The molecule has 3 aliphatic rings. The van der Waals surface area contributed by atoms with Gasteiger partial charge in [0.05, 0.1) is 64.1 Å². The third-order valence-electron chi connectivity index (χ3n) is 18.1. The van der Waals surface area contributed by atoms with Crippen molar-refractivity contribution in [2.45, 2.75) is 40.4 Å². The van der Waals surface area contributed by atoms with Crippen LogP contribution < -0.4 is 0 Å². The van der Waals surface area contributed by atoms with Crippen LogP contribution >= 0.6 is 34.8 Å². The van der Waals surface area contributed by atoms with Crippen molar-refractivity contribution in [2.24, 2.45) is 0 Å². The average Bonchev–Trinajstić information content (AvgIpc) is 1.61. The maximum absolute atomic E-state index is 14.0. The molecule has 12 aromatic rings. The first kappa shape index (κ1) is 66.2. The van der Waals surface area contributed by atoms with E-state index in [0.29, 0.717) is 55.6 Å². The van der Waals surface area contributed by atoms with Crippen molar-refractivity contribution in [3.63, 3.8) is 0 Å². The Bertz CT molecular complexity index is 4640. The van der Waals surface area contributed by atoms with E-state index in [0.717, 1.165) is 184 Å². The van der Waals surface area contributed by atoms with Crippen LogP contribution in [0.5, 0.6) is 0 Å². The van der Waals surface area contributed by atoms with E-state index in [2.05, 4.69) is 125 Å². The monoisotopic (exact) mass is 1340 g/mol. The summed E-state index contributed by atoms with van der Waals surface area (Å²) in [5.74, 6) is -0.242. The third-order valence-corrected chi connectivity index (χ3v) is 19.2. The fraction of sp³-hybridized carbons (Fsp3) is 0.311. The number of aromatic nitrogens is 12. The zero-order valence-electron chi connectivity index (χ0n) is 54.8. The zero-order valence-corrected chi connectivity index (χ0v) is 57.0. The number of benzene rings is 6. The van der Waals surface area contributed by atoms with Crippen molar-refractivity contribution in [3.8, 4) is 67.5 Å². The Morgan fingerprint density at radius 2 is 0.688 bits per heavy atom. The number of hydrogen-bond acceptors (Lipinski definition) is 15. The first-order valence-corrected chi connectivity index (χ1v) is 33.9. The first-order valence-electron chi connectivity index (χ1n) is 32.8. The molecule has 0 unspecified atom stereocenters. The van der Waals surface area contributed by atoms with Gasteiger partial charge in [-0.25, -0.2) is 18.4 Å². The number of fused-ring (bicyclic) bond motifs is 3. The van der Waals surface area contributed by atoms with E-state index < -0.39 is 0 Å². The molecular weight excluding hydrogens is 1270 g/mol. The maximum Gasteiger partial charge on any atom is 0.182 e. The number of hydrogen-bond donors (Lipinski definition) is 0. The second-order valence-electron chi connectivity index (χ2n) is 24.9. The number of halogens is 4. The van der Waals surface area contributed by atoms with Crippen LogP contribution in [0.15, 0.2) is 158 Å². The second kappa shape index (κ2) is 30.3. The Labute approximate surface area is 573 Å². The average molecular weight is 1350 g/mol. The molecule has 0 bridgehead atoms. The highest BCUT2D eigenvalue weighted by molar-refractivity contribution is 6.40. The van der Waals surface area contributed by atoms with Gasteiger partial charge < -0.3 is 14.5 Å². The molecule has 96 heavy (non-hydrogen) atoms. The minimum absolute atomic E-state index is 0.242. The van der Waals surface area contributed by atoms with Crippen LogP contribution in [0.25, 0.3) is 101 Å². The van der Waals surface area contributed by atoms with Crippen LogP contribution in [0.3, 0.4) is 0 Å². The molecule has 6 aromatic heterocycles. The lowest BCUT2D eigenvalue weighted by molar-refractivity contribution is 0.0361. The highest BCUT2D eigenvalue weighted by Gasteiger charge is 2.27. The van der Waals surface area contributed by atoms with Crippen molar-refractivity contribution < 1.29 is 9.13 Å².